The van der Waals surface area contributed by atoms with Crippen molar-refractivity contribution in [3.05, 3.63) is 17.5 Å². The van der Waals surface area contributed by atoms with Gasteiger partial charge in [0.1, 0.15) is 0 Å². The van der Waals surface area contributed by atoms with Crippen LogP contribution in [0.15, 0.2) is 6.07 Å². The van der Waals surface area contributed by atoms with Gasteiger partial charge in [-0.15, -0.1) is 0 Å². The zero-order valence-electron chi connectivity index (χ0n) is 8.26. The molecule has 6 nitrogen and oxygen atoms in total. The van der Waals surface area contributed by atoms with Gasteiger partial charge in [0, 0.05) is 13.1 Å². The van der Waals surface area contributed by atoms with E-state index in [2.05, 4.69) is 5.10 Å². The second-order valence-electron chi connectivity index (χ2n) is 3.57. The Hall–Kier alpha value is -1.56. The lowest BCUT2D eigenvalue weighted by Crippen LogP contribution is -2.28. The van der Waals surface area contributed by atoms with Crippen LogP contribution in [0, 0.1) is 0 Å². The molecule has 2 rings (SSSR count). The van der Waals surface area contributed by atoms with E-state index >= 15 is 0 Å². The summed E-state index contributed by atoms with van der Waals surface area (Å²) in [5.41, 5.74) is 1.44. The molecule has 0 spiro atoms. The number of aliphatic hydroxyl groups is 1. The van der Waals surface area contributed by atoms with Crippen LogP contribution in [0.3, 0.4) is 0 Å². The summed E-state index contributed by atoms with van der Waals surface area (Å²) in [5, 5.41) is 22.0. The fourth-order valence-corrected chi connectivity index (χ4v) is 1.76. The molecule has 0 aromatic carbocycles. The van der Waals surface area contributed by atoms with Crippen molar-refractivity contribution in [1.29, 1.82) is 0 Å². The molecule has 1 aliphatic heterocycles. The van der Waals surface area contributed by atoms with Crippen molar-refractivity contribution in [1.82, 2.24) is 14.7 Å². The van der Waals surface area contributed by atoms with E-state index < -0.39 is 6.09 Å². The molecular weight excluding hydrogens is 198 g/mol. The molecular formula is C9H13N3O3. The highest BCUT2D eigenvalue weighted by molar-refractivity contribution is 5.64. The number of aromatic nitrogens is 2. The zero-order chi connectivity index (χ0) is 10.8. The van der Waals surface area contributed by atoms with Crippen molar-refractivity contribution in [2.24, 2.45) is 0 Å². The Balaban J connectivity index is 2.23. The van der Waals surface area contributed by atoms with E-state index in [1.54, 1.807) is 10.7 Å². The first-order chi connectivity index (χ1) is 7.20. The fraction of sp³-hybridized carbons (Fsp3) is 0.556. The lowest BCUT2D eigenvalue weighted by Gasteiger charge is -2.14. The molecule has 0 atom stereocenters. The molecule has 0 radical (unpaired) electrons. The minimum atomic E-state index is -0.907. The maximum atomic E-state index is 10.8. The van der Waals surface area contributed by atoms with Gasteiger partial charge in [-0.25, -0.2) is 4.79 Å². The molecule has 0 fully saturated rings. The minimum absolute atomic E-state index is 0.104. The molecule has 15 heavy (non-hydrogen) atoms. The van der Waals surface area contributed by atoms with Gasteiger partial charge >= 0.3 is 6.09 Å². The fourth-order valence-electron chi connectivity index (χ4n) is 1.76. The molecule has 2 heterocycles. The molecule has 0 saturated carbocycles. The van der Waals surface area contributed by atoms with E-state index in [0.717, 1.165) is 12.1 Å². The normalized spacial score (nSPS) is 15.9. The molecule has 0 aliphatic carbocycles. The van der Waals surface area contributed by atoms with Crippen molar-refractivity contribution in [2.45, 2.75) is 26.1 Å². The summed E-state index contributed by atoms with van der Waals surface area (Å²) in [5.74, 6) is 0. The molecule has 1 aromatic rings. The SMILES string of the molecule is O=C(O)N1CCCn2nc(CO)cc2C1. The topological polar surface area (TPSA) is 78.6 Å². The maximum Gasteiger partial charge on any atom is 0.407 e. The number of carbonyl (C=O) groups is 1. The van der Waals surface area contributed by atoms with Gasteiger partial charge in [-0.05, 0) is 12.5 Å². The number of amides is 1. The third-order valence-electron chi connectivity index (χ3n) is 2.50. The molecule has 0 saturated heterocycles. The van der Waals surface area contributed by atoms with Crippen molar-refractivity contribution < 1.29 is 15.0 Å². The van der Waals surface area contributed by atoms with Crippen molar-refractivity contribution in [2.75, 3.05) is 6.54 Å². The highest BCUT2D eigenvalue weighted by atomic mass is 16.4. The third-order valence-corrected chi connectivity index (χ3v) is 2.50. The van der Waals surface area contributed by atoms with E-state index in [-0.39, 0.29) is 6.61 Å². The third kappa shape index (κ3) is 1.94. The highest BCUT2D eigenvalue weighted by Gasteiger charge is 2.19. The first-order valence-electron chi connectivity index (χ1n) is 4.85. The van der Waals surface area contributed by atoms with E-state index in [0.29, 0.717) is 25.3 Å². The Bertz CT molecular complexity index is 375. The maximum absolute atomic E-state index is 10.8. The summed E-state index contributed by atoms with van der Waals surface area (Å²) in [6, 6.07) is 1.75. The van der Waals surface area contributed by atoms with Gasteiger partial charge in [-0.3, -0.25) is 4.68 Å². The minimum Gasteiger partial charge on any atom is -0.465 e. The van der Waals surface area contributed by atoms with Crippen LogP contribution >= 0.6 is 0 Å². The van der Waals surface area contributed by atoms with Crippen molar-refractivity contribution in [3.8, 4) is 0 Å². The van der Waals surface area contributed by atoms with Crippen LogP contribution in [-0.4, -0.2) is 37.5 Å². The molecule has 0 bridgehead atoms. The molecule has 1 aromatic heterocycles. The highest BCUT2D eigenvalue weighted by Crippen LogP contribution is 2.13. The van der Waals surface area contributed by atoms with Gasteiger partial charge in [-0.2, -0.15) is 5.10 Å². The van der Waals surface area contributed by atoms with Crippen LogP contribution < -0.4 is 0 Å². The van der Waals surface area contributed by atoms with Gasteiger partial charge < -0.3 is 15.1 Å². The number of fused-ring (bicyclic) bond motifs is 1. The molecule has 6 heteroatoms. The first-order valence-corrected chi connectivity index (χ1v) is 4.85. The Morgan fingerprint density at radius 3 is 3.00 bits per heavy atom. The van der Waals surface area contributed by atoms with Crippen LogP contribution in [0.1, 0.15) is 17.8 Å². The number of carboxylic acid groups (broad SMARTS) is 1. The Morgan fingerprint density at radius 1 is 1.53 bits per heavy atom. The number of rotatable bonds is 1. The summed E-state index contributed by atoms with van der Waals surface area (Å²) < 4.78 is 1.77. The van der Waals surface area contributed by atoms with E-state index in [1.807, 2.05) is 0 Å². The predicted molar refractivity (Wildman–Crippen MR) is 51.2 cm³/mol. The average Bonchev–Trinajstić information content (AvgIpc) is 2.49. The van der Waals surface area contributed by atoms with Crippen molar-refractivity contribution in [3.63, 3.8) is 0 Å². The van der Waals surface area contributed by atoms with Gasteiger partial charge in [0.05, 0.1) is 24.5 Å². The van der Waals surface area contributed by atoms with Gasteiger partial charge in [0.15, 0.2) is 0 Å². The molecule has 2 N–H and O–H groups in total. The summed E-state index contributed by atoms with van der Waals surface area (Å²) in [6.07, 6.45) is -0.151. The smallest absolute Gasteiger partial charge is 0.407 e. The molecule has 0 unspecified atom stereocenters. The van der Waals surface area contributed by atoms with Crippen LogP contribution in [0.5, 0.6) is 0 Å². The largest absolute Gasteiger partial charge is 0.465 e. The first kappa shape index (κ1) is 9.97. The summed E-state index contributed by atoms with van der Waals surface area (Å²) in [7, 11) is 0. The second-order valence-corrected chi connectivity index (χ2v) is 3.57. The van der Waals surface area contributed by atoms with E-state index in [1.165, 1.54) is 4.90 Å². The van der Waals surface area contributed by atoms with Crippen molar-refractivity contribution >= 4 is 6.09 Å². The lowest BCUT2D eigenvalue weighted by atomic mass is 10.3. The molecule has 1 amide bonds. The summed E-state index contributed by atoms with van der Waals surface area (Å²) >= 11 is 0. The molecule has 82 valence electrons. The van der Waals surface area contributed by atoms with Gasteiger partial charge in [0.25, 0.3) is 0 Å². The van der Waals surface area contributed by atoms with Crippen LogP contribution in [0.25, 0.3) is 0 Å². The summed E-state index contributed by atoms with van der Waals surface area (Å²) in [6.45, 7) is 1.49. The number of hydrogen-bond donors (Lipinski definition) is 2. The van der Waals surface area contributed by atoms with Gasteiger partial charge in [0.2, 0.25) is 0 Å². The number of aryl methyl sites for hydroxylation is 1. The predicted octanol–water partition coefficient (Wildman–Crippen LogP) is 0.259. The quantitative estimate of drug-likeness (QED) is 0.698. The van der Waals surface area contributed by atoms with E-state index in [9.17, 15) is 4.79 Å². The zero-order valence-corrected chi connectivity index (χ0v) is 8.26. The number of hydrogen-bond acceptors (Lipinski definition) is 3. The Labute approximate surface area is 86.7 Å². The van der Waals surface area contributed by atoms with Crippen LogP contribution in [0.4, 0.5) is 4.79 Å². The molecule has 1 aliphatic rings. The van der Waals surface area contributed by atoms with E-state index in [4.69, 9.17) is 10.2 Å². The number of aliphatic hydroxyl groups excluding tert-OH is 1. The van der Waals surface area contributed by atoms with Crippen LogP contribution in [0.2, 0.25) is 0 Å². The Kier molecular flexibility index (Phi) is 2.59. The standard InChI is InChI=1S/C9H13N3O3/c13-6-7-4-8-5-11(9(14)15)2-1-3-12(8)10-7/h4,13H,1-3,5-6H2,(H,14,15). The van der Waals surface area contributed by atoms with Gasteiger partial charge in [-0.1, -0.05) is 0 Å². The second kappa shape index (κ2) is 3.90. The lowest BCUT2D eigenvalue weighted by molar-refractivity contribution is 0.143. The monoisotopic (exact) mass is 211 g/mol. The summed E-state index contributed by atoms with van der Waals surface area (Å²) in [4.78, 5) is 12.2. The average molecular weight is 211 g/mol. The van der Waals surface area contributed by atoms with Crippen LogP contribution in [-0.2, 0) is 19.7 Å². The Morgan fingerprint density at radius 2 is 2.33 bits per heavy atom. The number of nitrogens with zero attached hydrogens (tertiary/aromatic N) is 3.